The molecule has 2 aliphatic rings. The minimum Gasteiger partial charge on any atom is -0.353 e. The van der Waals surface area contributed by atoms with Gasteiger partial charge in [0.15, 0.2) is 11.6 Å². The van der Waals surface area contributed by atoms with Gasteiger partial charge in [0.25, 0.3) is 0 Å². The van der Waals surface area contributed by atoms with Gasteiger partial charge in [0.2, 0.25) is 11.2 Å². The Hall–Kier alpha value is -2.54. The van der Waals surface area contributed by atoms with E-state index >= 15 is 0 Å². The summed E-state index contributed by atoms with van der Waals surface area (Å²) in [6, 6.07) is 0. The Morgan fingerprint density at radius 2 is 2.03 bits per heavy atom. The molecule has 1 N–H and O–H groups in total. The summed E-state index contributed by atoms with van der Waals surface area (Å²) >= 11 is 5.78. The highest BCUT2D eigenvalue weighted by Gasteiger charge is 2.55. The third kappa shape index (κ3) is 6.47. The van der Waals surface area contributed by atoms with Crippen LogP contribution in [0, 0.1) is 23.6 Å². The molecule has 0 spiro atoms. The van der Waals surface area contributed by atoms with Gasteiger partial charge in [-0.05, 0) is 66.8 Å². The van der Waals surface area contributed by atoms with Gasteiger partial charge in [-0.25, -0.2) is 13.8 Å². The molecule has 31 heavy (non-hydrogen) atoms. The van der Waals surface area contributed by atoms with Gasteiger partial charge in [-0.1, -0.05) is 25.2 Å². The minimum absolute atomic E-state index is 0.0447. The standard InChI is InChI=1S/C23H27ClF2N4O/c1-3-4-5-16(7-6-15(2)25)8-9-21(31)27-11-10-17-18-13-30(14-19(17)18)22-20(26)12-28-23(24)29-22/h4-9,12,17-19H,3,10-11,13-14H2,1-2H3,(H,27,31)/b5-4+,9-8+,15-6+,16-7+. The molecule has 1 saturated carbocycles. The number of nitrogens with one attached hydrogen (secondary N) is 1. The number of rotatable bonds is 9. The van der Waals surface area contributed by atoms with Crippen molar-refractivity contribution in [2.24, 2.45) is 17.8 Å². The fraction of sp³-hybridized carbons (Fsp3) is 0.435. The van der Waals surface area contributed by atoms with Gasteiger partial charge in [0.05, 0.1) is 12.0 Å². The van der Waals surface area contributed by atoms with Gasteiger partial charge in [-0.3, -0.25) is 4.79 Å². The zero-order valence-electron chi connectivity index (χ0n) is 17.7. The first-order chi connectivity index (χ1) is 14.9. The monoisotopic (exact) mass is 448 g/mol. The Kier molecular flexibility index (Phi) is 7.96. The van der Waals surface area contributed by atoms with Crippen molar-refractivity contribution in [1.29, 1.82) is 0 Å². The Bertz CT molecular complexity index is 912. The number of anilines is 1. The van der Waals surface area contributed by atoms with Gasteiger partial charge in [-0.2, -0.15) is 4.98 Å². The summed E-state index contributed by atoms with van der Waals surface area (Å²) in [5, 5.41) is 2.95. The van der Waals surface area contributed by atoms with Crippen molar-refractivity contribution in [3.63, 3.8) is 0 Å². The minimum atomic E-state index is -0.458. The average Bonchev–Trinajstić information content (AvgIpc) is 3.17. The summed E-state index contributed by atoms with van der Waals surface area (Å²) < 4.78 is 26.9. The van der Waals surface area contributed by atoms with Crippen LogP contribution < -0.4 is 10.2 Å². The molecule has 2 fully saturated rings. The van der Waals surface area contributed by atoms with Crippen LogP contribution in [-0.4, -0.2) is 35.5 Å². The molecule has 5 nitrogen and oxygen atoms in total. The number of hydrogen-bond donors (Lipinski definition) is 1. The maximum absolute atomic E-state index is 13.9. The number of allylic oxidation sites excluding steroid dienone is 7. The Morgan fingerprint density at radius 3 is 2.71 bits per heavy atom. The maximum Gasteiger partial charge on any atom is 0.243 e. The van der Waals surface area contributed by atoms with Crippen LogP contribution in [0.1, 0.15) is 26.7 Å². The first kappa shape index (κ1) is 23.1. The fourth-order valence-corrected chi connectivity index (χ4v) is 4.16. The van der Waals surface area contributed by atoms with Crippen LogP contribution >= 0.6 is 11.6 Å². The highest BCUT2D eigenvalue weighted by molar-refractivity contribution is 6.28. The number of piperidine rings is 1. The lowest BCUT2D eigenvalue weighted by molar-refractivity contribution is -0.116. The van der Waals surface area contributed by atoms with Crippen molar-refractivity contribution < 1.29 is 13.6 Å². The number of nitrogens with zero attached hydrogens (tertiary/aromatic N) is 3. The van der Waals surface area contributed by atoms with Crippen LogP contribution in [0.15, 0.2) is 54.1 Å². The quantitative estimate of drug-likeness (QED) is 0.335. The van der Waals surface area contributed by atoms with E-state index in [4.69, 9.17) is 11.6 Å². The van der Waals surface area contributed by atoms with E-state index in [1.807, 2.05) is 24.0 Å². The molecule has 0 bridgehead atoms. The number of carbonyl (C=O) groups excluding carboxylic acids is 1. The van der Waals surface area contributed by atoms with Crippen LogP contribution in [0.3, 0.4) is 0 Å². The van der Waals surface area contributed by atoms with Crippen molar-refractivity contribution >= 4 is 23.3 Å². The van der Waals surface area contributed by atoms with Crippen LogP contribution in [-0.2, 0) is 4.79 Å². The van der Waals surface area contributed by atoms with E-state index in [9.17, 15) is 13.6 Å². The molecule has 0 aromatic carbocycles. The molecule has 0 radical (unpaired) electrons. The van der Waals surface area contributed by atoms with Crippen LogP contribution in [0.25, 0.3) is 0 Å². The number of hydrogen-bond acceptors (Lipinski definition) is 4. The summed E-state index contributed by atoms with van der Waals surface area (Å²) in [4.78, 5) is 21.7. The van der Waals surface area contributed by atoms with E-state index in [2.05, 4.69) is 15.3 Å². The highest BCUT2D eigenvalue weighted by atomic mass is 35.5. The van der Waals surface area contributed by atoms with Gasteiger partial charge < -0.3 is 10.2 Å². The van der Waals surface area contributed by atoms with Gasteiger partial charge in [0, 0.05) is 25.7 Å². The second kappa shape index (κ2) is 10.7. The second-order valence-electron chi connectivity index (χ2n) is 7.85. The molecule has 1 aromatic heterocycles. The van der Waals surface area contributed by atoms with Crippen molar-refractivity contribution in [3.05, 3.63) is 65.2 Å². The molecule has 1 aliphatic heterocycles. The summed E-state index contributed by atoms with van der Waals surface area (Å²) in [6.45, 7) is 5.45. The summed E-state index contributed by atoms with van der Waals surface area (Å²) in [7, 11) is 0. The van der Waals surface area contributed by atoms with E-state index in [0.717, 1.165) is 37.7 Å². The van der Waals surface area contributed by atoms with Crippen LogP contribution in [0.4, 0.5) is 14.6 Å². The second-order valence-corrected chi connectivity index (χ2v) is 8.19. The molecule has 1 aromatic rings. The molecule has 3 rings (SSSR count). The predicted octanol–water partition coefficient (Wildman–Crippen LogP) is 4.78. The number of halogens is 3. The number of amides is 1. The molecule has 1 aliphatic carbocycles. The van der Waals surface area contributed by atoms with E-state index in [1.54, 1.807) is 12.2 Å². The maximum atomic E-state index is 13.9. The van der Waals surface area contributed by atoms with E-state index in [0.29, 0.717) is 24.3 Å². The van der Waals surface area contributed by atoms with E-state index in [-0.39, 0.29) is 22.8 Å². The predicted molar refractivity (Wildman–Crippen MR) is 119 cm³/mol. The zero-order valence-corrected chi connectivity index (χ0v) is 18.4. The van der Waals surface area contributed by atoms with Crippen molar-refractivity contribution in [3.8, 4) is 0 Å². The summed E-state index contributed by atoms with van der Waals surface area (Å²) in [6.07, 6.45) is 12.8. The first-order valence-electron chi connectivity index (χ1n) is 10.5. The van der Waals surface area contributed by atoms with Gasteiger partial charge in [0.1, 0.15) is 0 Å². The molecule has 166 valence electrons. The lowest BCUT2D eigenvalue weighted by Crippen LogP contribution is -2.28. The molecule has 2 heterocycles. The lowest BCUT2D eigenvalue weighted by Gasteiger charge is -2.21. The molecular formula is C23H27ClF2N4O. The molecule has 1 amide bonds. The van der Waals surface area contributed by atoms with Crippen molar-refractivity contribution in [2.75, 3.05) is 24.5 Å². The van der Waals surface area contributed by atoms with Crippen molar-refractivity contribution in [2.45, 2.75) is 26.7 Å². The smallest absolute Gasteiger partial charge is 0.243 e. The first-order valence-corrected chi connectivity index (χ1v) is 10.9. The Morgan fingerprint density at radius 1 is 1.29 bits per heavy atom. The lowest BCUT2D eigenvalue weighted by atomic mass is 10.1. The van der Waals surface area contributed by atoms with E-state index < -0.39 is 5.82 Å². The number of aromatic nitrogens is 2. The zero-order chi connectivity index (χ0) is 22.4. The average molecular weight is 449 g/mol. The summed E-state index contributed by atoms with van der Waals surface area (Å²) in [5.41, 5.74) is 0.753. The Balaban J connectivity index is 1.42. The largest absolute Gasteiger partial charge is 0.353 e. The van der Waals surface area contributed by atoms with Gasteiger partial charge >= 0.3 is 0 Å². The normalized spacial score (nSPS) is 23.6. The highest BCUT2D eigenvalue weighted by Crippen LogP contribution is 2.54. The van der Waals surface area contributed by atoms with Crippen molar-refractivity contribution in [1.82, 2.24) is 15.3 Å². The third-order valence-electron chi connectivity index (χ3n) is 5.62. The number of fused-ring (bicyclic) bond motifs is 1. The van der Waals surface area contributed by atoms with Crippen LogP contribution in [0.2, 0.25) is 5.28 Å². The molecule has 8 heteroatoms. The van der Waals surface area contributed by atoms with Crippen LogP contribution in [0.5, 0.6) is 0 Å². The third-order valence-corrected chi connectivity index (χ3v) is 5.80. The summed E-state index contributed by atoms with van der Waals surface area (Å²) in [5.74, 6) is 0.849. The fourth-order valence-electron chi connectivity index (χ4n) is 4.03. The molecule has 1 saturated heterocycles. The molecule has 2 unspecified atom stereocenters. The topological polar surface area (TPSA) is 58.1 Å². The SMILES string of the molecule is CC/C=C/C(/C=C/C(=O)NCCC1C2CN(c3nc(Cl)ncc3F)CC12)=C\C=C(/C)F. The Labute approximate surface area is 186 Å². The molecule has 2 atom stereocenters. The molecular weight excluding hydrogens is 422 g/mol. The van der Waals surface area contributed by atoms with E-state index in [1.165, 1.54) is 19.1 Å². The van der Waals surface area contributed by atoms with Gasteiger partial charge in [-0.15, -0.1) is 0 Å². The number of carbonyl (C=O) groups is 1.